The Balaban J connectivity index is 0.000000204. The van der Waals surface area contributed by atoms with Crippen LogP contribution in [0.1, 0.15) is 55.3 Å². The number of nitrogens with one attached hydrogen (secondary N) is 1. The fourth-order valence-electron chi connectivity index (χ4n) is 7.25. The Bertz CT molecular complexity index is 1770. The van der Waals surface area contributed by atoms with Crippen LogP contribution in [0.2, 0.25) is 0 Å². The Hall–Kier alpha value is -5.23. The maximum Gasteiger partial charge on any atom is 0.313 e. The molecule has 2 fully saturated rings. The topological polar surface area (TPSA) is 81.7 Å². The van der Waals surface area contributed by atoms with Crippen LogP contribution in [0.5, 0.6) is 0 Å². The molecule has 1 aliphatic heterocycles. The van der Waals surface area contributed by atoms with Gasteiger partial charge < -0.3 is 14.8 Å². The molecule has 3 aliphatic rings. The van der Waals surface area contributed by atoms with Gasteiger partial charge in [-0.15, -0.1) is 6.58 Å². The molecule has 1 saturated carbocycles. The number of ether oxygens (including phenoxy) is 2. The highest BCUT2D eigenvalue weighted by Gasteiger charge is 2.55. The molecule has 4 aromatic rings. The summed E-state index contributed by atoms with van der Waals surface area (Å²) in [6.07, 6.45) is 3.86. The van der Waals surface area contributed by atoms with Crippen molar-refractivity contribution in [2.75, 3.05) is 18.5 Å². The van der Waals surface area contributed by atoms with Gasteiger partial charge in [0.1, 0.15) is 6.61 Å². The third kappa shape index (κ3) is 6.54. The van der Waals surface area contributed by atoms with E-state index in [0.717, 1.165) is 28.8 Å². The molecular formula is C41H41NO5. The van der Waals surface area contributed by atoms with Crippen molar-refractivity contribution in [3.05, 3.63) is 150 Å². The van der Waals surface area contributed by atoms with Gasteiger partial charge in [0.05, 0.1) is 17.9 Å². The van der Waals surface area contributed by atoms with Gasteiger partial charge in [0, 0.05) is 25.9 Å². The summed E-state index contributed by atoms with van der Waals surface area (Å²) in [7, 11) is 0. The molecule has 4 aromatic carbocycles. The molecule has 1 amide bonds. The highest BCUT2D eigenvalue weighted by molar-refractivity contribution is 5.97. The molecule has 240 valence electrons. The lowest BCUT2D eigenvalue weighted by atomic mass is 9.75. The molecule has 0 bridgehead atoms. The van der Waals surface area contributed by atoms with Gasteiger partial charge in [-0.2, -0.15) is 0 Å². The molecule has 1 saturated heterocycles. The number of carbonyl (C=O) groups is 3. The van der Waals surface area contributed by atoms with Crippen LogP contribution >= 0.6 is 0 Å². The lowest BCUT2D eigenvalue weighted by Crippen LogP contribution is -2.31. The van der Waals surface area contributed by atoms with Gasteiger partial charge in [-0.1, -0.05) is 109 Å². The van der Waals surface area contributed by atoms with E-state index in [-0.39, 0.29) is 31.1 Å². The van der Waals surface area contributed by atoms with Gasteiger partial charge in [-0.3, -0.25) is 14.4 Å². The van der Waals surface area contributed by atoms with Crippen molar-refractivity contribution in [2.45, 2.75) is 38.0 Å². The fourth-order valence-corrected chi connectivity index (χ4v) is 7.25. The number of allylic oxidation sites excluding steroid dienone is 1. The van der Waals surface area contributed by atoms with E-state index in [1.165, 1.54) is 29.2 Å². The molecule has 0 spiro atoms. The molecule has 0 aromatic heterocycles. The Morgan fingerprint density at radius 2 is 1.57 bits per heavy atom. The fraction of sp³-hybridized carbons (Fsp3) is 0.244. The zero-order valence-corrected chi connectivity index (χ0v) is 26.6. The highest BCUT2D eigenvalue weighted by atomic mass is 16.5. The first-order chi connectivity index (χ1) is 22.8. The molecule has 47 heavy (non-hydrogen) atoms. The Labute approximate surface area is 277 Å². The average Bonchev–Trinajstić information content (AvgIpc) is 3.68. The summed E-state index contributed by atoms with van der Waals surface area (Å²) in [6, 6.07) is 33.9. The number of amides is 1. The second-order valence-corrected chi connectivity index (χ2v) is 12.6. The number of cyclic esters (lactones) is 1. The molecule has 0 radical (unpaired) electrons. The number of esters is 2. The maximum atomic E-state index is 12.7. The molecule has 2 unspecified atom stereocenters. The lowest BCUT2D eigenvalue weighted by Gasteiger charge is -2.24. The van der Waals surface area contributed by atoms with Crippen LogP contribution in [-0.4, -0.2) is 31.1 Å². The van der Waals surface area contributed by atoms with Crippen molar-refractivity contribution in [1.29, 1.82) is 0 Å². The summed E-state index contributed by atoms with van der Waals surface area (Å²) in [5.41, 5.74) is 8.36. The van der Waals surface area contributed by atoms with Gasteiger partial charge in [-0.05, 0) is 64.8 Å². The second-order valence-electron chi connectivity index (χ2n) is 12.6. The Morgan fingerprint density at radius 1 is 0.957 bits per heavy atom. The number of carbonyl (C=O) groups excluding carboxylic acids is 3. The molecule has 1 N–H and O–H groups in total. The minimum atomic E-state index is -0.469. The van der Waals surface area contributed by atoms with E-state index < -0.39 is 11.3 Å². The molecule has 2 aliphatic carbocycles. The Morgan fingerprint density at radius 3 is 2.19 bits per heavy atom. The van der Waals surface area contributed by atoms with E-state index in [0.29, 0.717) is 26.1 Å². The summed E-state index contributed by atoms with van der Waals surface area (Å²) >= 11 is 0. The number of benzene rings is 4. The van der Waals surface area contributed by atoms with E-state index in [9.17, 15) is 14.4 Å². The smallest absolute Gasteiger partial charge is 0.313 e. The minimum Gasteiger partial charge on any atom is -0.465 e. The lowest BCUT2D eigenvalue weighted by molar-refractivity contribution is -0.146. The van der Waals surface area contributed by atoms with Crippen LogP contribution in [0, 0.1) is 11.3 Å². The first-order valence-electron chi connectivity index (χ1n) is 16.0. The van der Waals surface area contributed by atoms with Crippen molar-refractivity contribution in [3.63, 3.8) is 0 Å². The van der Waals surface area contributed by atoms with Crippen LogP contribution in [0.25, 0.3) is 11.1 Å². The van der Waals surface area contributed by atoms with Gasteiger partial charge in [0.2, 0.25) is 5.91 Å². The monoisotopic (exact) mass is 627 g/mol. The number of fused-ring (bicyclic) bond motifs is 4. The van der Waals surface area contributed by atoms with Crippen molar-refractivity contribution in [1.82, 2.24) is 0 Å². The van der Waals surface area contributed by atoms with Crippen molar-refractivity contribution in [2.24, 2.45) is 11.3 Å². The standard InChI is InChI=1S/C25H25NO3.C16H14O2.H2/c1-3-22(19-7-5-4-6-8-19)23(27)26-21-11-9-18(10-12-21)15-25-14-17(2)13-20(25)16-29-24(25)28;1-11(17)18-10-16-14-8-4-2-6-12(14)13-7-3-5-9-15(13)16;/h3-12,20,22H,1-2,13-16H2,(H,26,27);2-9,16H,10H2,1H3;1H/t20?,22-,25?;;/m1../s1. The van der Waals surface area contributed by atoms with E-state index >= 15 is 0 Å². The van der Waals surface area contributed by atoms with Gasteiger partial charge in [-0.25, -0.2) is 0 Å². The average molecular weight is 628 g/mol. The number of hydrogen-bond donors (Lipinski definition) is 1. The second kappa shape index (κ2) is 13.6. The van der Waals surface area contributed by atoms with Gasteiger partial charge in [0.15, 0.2) is 0 Å². The Kier molecular flexibility index (Phi) is 9.21. The predicted molar refractivity (Wildman–Crippen MR) is 186 cm³/mol. The number of rotatable bonds is 8. The van der Waals surface area contributed by atoms with Crippen LogP contribution in [0.3, 0.4) is 0 Å². The van der Waals surface area contributed by atoms with Crippen LogP contribution in [0.15, 0.2) is 128 Å². The number of hydrogen-bond acceptors (Lipinski definition) is 5. The summed E-state index contributed by atoms with van der Waals surface area (Å²) in [6.45, 7) is 10.3. The summed E-state index contributed by atoms with van der Waals surface area (Å²) in [4.78, 5) is 36.1. The largest absolute Gasteiger partial charge is 0.465 e. The van der Waals surface area contributed by atoms with Crippen LogP contribution in [-0.2, 0) is 30.3 Å². The zero-order chi connectivity index (χ0) is 33.0. The highest BCUT2D eigenvalue weighted by Crippen LogP contribution is 2.52. The molecular weight excluding hydrogens is 586 g/mol. The number of anilines is 1. The third-order valence-corrected chi connectivity index (χ3v) is 9.54. The molecule has 6 nitrogen and oxygen atoms in total. The van der Waals surface area contributed by atoms with E-state index in [1.807, 2.05) is 78.9 Å². The van der Waals surface area contributed by atoms with E-state index in [2.05, 4.69) is 42.7 Å². The predicted octanol–water partition coefficient (Wildman–Crippen LogP) is 8.25. The normalized spacial score (nSPS) is 19.7. The van der Waals surface area contributed by atoms with Crippen LogP contribution < -0.4 is 5.32 Å². The van der Waals surface area contributed by atoms with Crippen molar-refractivity contribution in [3.8, 4) is 11.1 Å². The maximum absolute atomic E-state index is 12.7. The summed E-state index contributed by atoms with van der Waals surface area (Å²) in [5.74, 6) is -0.466. The van der Waals surface area contributed by atoms with Crippen molar-refractivity contribution >= 4 is 23.5 Å². The van der Waals surface area contributed by atoms with Crippen LogP contribution in [0.4, 0.5) is 5.69 Å². The van der Waals surface area contributed by atoms with Crippen molar-refractivity contribution < 1.29 is 25.3 Å². The molecule has 1 heterocycles. The molecule has 3 atom stereocenters. The third-order valence-electron chi connectivity index (χ3n) is 9.54. The summed E-state index contributed by atoms with van der Waals surface area (Å²) < 4.78 is 10.6. The summed E-state index contributed by atoms with van der Waals surface area (Å²) in [5, 5.41) is 2.96. The SMILES string of the molecule is C=C[C@@H](C(=O)Nc1ccc(CC23CC(=C)CC2COC3=O)cc1)c1ccccc1.CC(=O)OCC1c2ccccc2-c2ccccc21.[HH]. The van der Waals surface area contributed by atoms with E-state index in [4.69, 9.17) is 9.47 Å². The van der Waals surface area contributed by atoms with Gasteiger partial charge >= 0.3 is 11.9 Å². The first kappa shape index (κ1) is 31.7. The zero-order valence-electron chi connectivity index (χ0n) is 26.6. The molecule has 7 rings (SSSR count). The van der Waals surface area contributed by atoms with E-state index in [1.54, 1.807) is 6.08 Å². The quantitative estimate of drug-likeness (QED) is 0.157. The molecule has 6 heteroatoms. The first-order valence-corrected chi connectivity index (χ1v) is 16.0. The minimum absolute atomic E-state index is 0. The van der Waals surface area contributed by atoms with Gasteiger partial charge in [0.25, 0.3) is 0 Å².